The van der Waals surface area contributed by atoms with E-state index < -0.39 is 17.8 Å². The van der Waals surface area contributed by atoms with Crippen LogP contribution in [0.3, 0.4) is 0 Å². The number of hydrogen-bond acceptors (Lipinski definition) is 4. The Kier molecular flexibility index (Phi) is 5.98. The molecule has 1 rings (SSSR count). The third-order valence-electron chi connectivity index (χ3n) is 2.57. The van der Waals surface area contributed by atoms with Crippen molar-refractivity contribution >= 4 is 6.09 Å². The molecule has 1 amide bonds. The van der Waals surface area contributed by atoms with Crippen LogP contribution in [0.15, 0.2) is 24.3 Å². The molecule has 0 spiro atoms. The topological polar surface area (TPSA) is 70.6 Å². The van der Waals surface area contributed by atoms with E-state index in [1.165, 1.54) is 0 Å². The van der Waals surface area contributed by atoms with Crippen molar-refractivity contribution in [1.29, 1.82) is 0 Å². The van der Waals surface area contributed by atoms with E-state index in [-0.39, 0.29) is 0 Å². The van der Waals surface area contributed by atoms with Gasteiger partial charge in [0.2, 0.25) is 0 Å². The molecule has 1 atom stereocenters. The first-order valence-electron chi connectivity index (χ1n) is 6.70. The maximum atomic E-state index is 11.6. The summed E-state index contributed by atoms with van der Waals surface area (Å²) in [5.41, 5.74) is 1.24. The van der Waals surface area contributed by atoms with Crippen LogP contribution in [0.4, 0.5) is 4.79 Å². The van der Waals surface area contributed by atoms with Gasteiger partial charge >= 0.3 is 6.09 Å². The number of aliphatic hydroxyl groups excluding tert-OH is 1. The zero-order valence-electron chi connectivity index (χ0n) is 12.6. The van der Waals surface area contributed by atoms with Gasteiger partial charge in [0.05, 0.1) is 6.10 Å². The van der Waals surface area contributed by atoms with Crippen molar-refractivity contribution in [2.75, 3.05) is 13.6 Å². The molecule has 0 aliphatic carbocycles. The van der Waals surface area contributed by atoms with E-state index in [0.717, 1.165) is 11.1 Å². The molecule has 1 aromatic rings. The monoisotopic (exact) mass is 280 g/mol. The van der Waals surface area contributed by atoms with E-state index in [0.29, 0.717) is 13.1 Å². The van der Waals surface area contributed by atoms with E-state index >= 15 is 0 Å². The van der Waals surface area contributed by atoms with Crippen LogP contribution < -0.4 is 10.6 Å². The number of nitrogens with one attached hydrogen (secondary N) is 2. The lowest BCUT2D eigenvalue weighted by atomic mass is 10.1. The van der Waals surface area contributed by atoms with Crippen molar-refractivity contribution in [3.05, 3.63) is 35.4 Å². The number of amides is 1. The van der Waals surface area contributed by atoms with E-state index in [1.54, 1.807) is 7.05 Å². The van der Waals surface area contributed by atoms with Crippen LogP contribution in [0.5, 0.6) is 0 Å². The van der Waals surface area contributed by atoms with Gasteiger partial charge in [-0.15, -0.1) is 0 Å². The highest BCUT2D eigenvalue weighted by atomic mass is 16.6. The highest BCUT2D eigenvalue weighted by Gasteiger charge is 2.15. The standard InChI is InChI=1S/C15H24N2O3/c1-15(2,3)20-14(19)17-9-11-6-5-7-12(8-11)13(18)10-16-4/h5-8,13,16,18H,9-10H2,1-4H3,(H,17,19). The Labute approximate surface area is 120 Å². The molecule has 112 valence electrons. The molecule has 0 aromatic heterocycles. The van der Waals surface area contributed by atoms with E-state index in [2.05, 4.69) is 10.6 Å². The van der Waals surface area contributed by atoms with Crippen LogP contribution in [0, 0.1) is 0 Å². The third kappa shape index (κ3) is 6.04. The lowest BCUT2D eigenvalue weighted by molar-refractivity contribution is 0.0523. The zero-order chi connectivity index (χ0) is 15.2. The summed E-state index contributed by atoms with van der Waals surface area (Å²) in [5.74, 6) is 0. The van der Waals surface area contributed by atoms with Gasteiger partial charge in [0.25, 0.3) is 0 Å². The summed E-state index contributed by atoms with van der Waals surface area (Å²) in [5, 5.41) is 15.5. The van der Waals surface area contributed by atoms with Gasteiger partial charge in [-0.3, -0.25) is 0 Å². The highest BCUT2D eigenvalue weighted by molar-refractivity contribution is 5.67. The summed E-state index contributed by atoms with van der Waals surface area (Å²) in [6.07, 6.45) is -1.000. The number of rotatable bonds is 5. The fraction of sp³-hybridized carbons (Fsp3) is 0.533. The van der Waals surface area contributed by atoms with Gasteiger partial charge in [0.1, 0.15) is 5.60 Å². The maximum absolute atomic E-state index is 11.6. The van der Waals surface area contributed by atoms with Gasteiger partial charge < -0.3 is 20.5 Å². The first-order chi connectivity index (χ1) is 9.31. The Morgan fingerprint density at radius 2 is 2.10 bits per heavy atom. The normalized spacial score (nSPS) is 12.8. The Morgan fingerprint density at radius 1 is 1.40 bits per heavy atom. The third-order valence-corrected chi connectivity index (χ3v) is 2.57. The van der Waals surface area contributed by atoms with Gasteiger partial charge in [0, 0.05) is 13.1 Å². The summed E-state index contributed by atoms with van der Waals surface area (Å²) in [6.45, 7) is 6.32. The molecule has 0 bridgehead atoms. The minimum absolute atomic E-state index is 0.370. The molecule has 0 radical (unpaired) electrons. The molecule has 0 aliphatic heterocycles. The smallest absolute Gasteiger partial charge is 0.407 e. The average molecular weight is 280 g/mol. The van der Waals surface area contributed by atoms with Crippen LogP contribution in [-0.4, -0.2) is 30.4 Å². The van der Waals surface area contributed by atoms with Crippen LogP contribution in [0.2, 0.25) is 0 Å². The second kappa shape index (κ2) is 7.26. The molecule has 0 heterocycles. The van der Waals surface area contributed by atoms with Crippen molar-refractivity contribution in [3.63, 3.8) is 0 Å². The molecule has 0 aliphatic rings. The molecular formula is C15H24N2O3. The fourth-order valence-corrected chi connectivity index (χ4v) is 1.71. The van der Waals surface area contributed by atoms with Crippen molar-refractivity contribution in [1.82, 2.24) is 10.6 Å². The summed E-state index contributed by atoms with van der Waals surface area (Å²) >= 11 is 0. The van der Waals surface area contributed by atoms with Crippen molar-refractivity contribution in [3.8, 4) is 0 Å². The zero-order valence-corrected chi connectivity index (χ0v) is 12.6. The first kappa shape index (κ1) is 16.5. The second-order valence-corrected chi connectivity index (χ2v) is 5.67. The van der Waals surface area contributed by atoms with Gasteiger partial charge in [-0.05, 0) is 38.9 Å². The number of ether oxygens (including phenoxy) is 1. The predicted octanol–water partition coefficient (Wildman–Crippen LogP) is 1.96. The predicted molar refractivity (Wildman–Crippen MR) is 78.4 cm³/mol. The maximum Gasteiger partial charge on any atom is 0.407 e. The Morgan fingerprint density at radius 3 is 2.70 bits per heavy atom. The quantitative estimate of drug-likeness (QED) is 0.771. The number of hydrogen-bond donors (Lipinski definition) is 3. The SMILES string of the molecule is CNCC(O)c1cccc(CNC(=O)OC(C)(C)C)c1. The highest BCUT2D eigenvalue weighted by Crippen LogP contribution is 2.14. The summed E-state index contributed by atoms with van der Waals surface area (Å²) in [6, 6.07) is 7.49. The van der Waals surface area contributed by atoms with Crippen LogP contribution in [0.25, 0.3) is 0 Å². The summed E-state index contributed by atoms with van der Waals surface area (Å²) in [4.78, 5) is 11.6. The average Bonchev–Trinajstić information content (AvgIpc) is 2.35. The molecule has 0 fully saturated rings. The van der Waals surface area contributed by atoms with Crippen molar-refractivity contribution < 1.29 is 14.6 Å². The molecule has 3 N–H and O–H groups in total. The lowest BCUT2D eigenvalue weighted by Crippen LogP contribution is -2.32. The minimum Gasteiger partial charge on any atom is -0.444 e. The Balaban J connectivity index is 2.56. The van der Waals surface area contributed by atoms with Crippen molar-refractivity contribution in [2.45, 2.75) is 39.0 Å². The molecule has 20 heavy (non-hydrogen) atoms. The van der Waals surface area contributed by atoms with Crippen LogP contribution >= 0.6 is 0 Å². The molecule has 5 heteroatoms. The fourth-order valence-electron chi connectivity index (χ4n) is 1.71. The summed E-state index contributed by atoms with van der Waals surface area (Å²) in [7, 11) is 1.79. The van der Waals surface area contributed by atoms with E-state index in [9.17, 15) is 9.90 Å². The Hall–Kier alpha value is -1.59. The minimum atomic E-state index is -0.554. The molecule has 1 unspecified atom stereocenters. The van der Waals surface area contributed by atoms with Gasteiger partial charge in [0.15, 0.2) is 0 Å². The molecule has 5 nitrogen and oxygen atoms in total. The first-order valence-corrected chi connectivity index (χ1v) is 6.70. The molecule has 1 aromatic carbocycles. The second-order valence-electron chi connectivity index (χ2n) is 5.67. The van der Waals surface area contributed by atoms with Crippen LogP contribution in [-0.2, 0) is 11.3 Å². The number of likely N-dealkylation sites (N-methyl/N-ethyl adjacent to an activating group) is 1. The number of carbonyl (C=O) groups excluding carboxylic acids is 1. The molecule has 0 saturated carbocycles. The van der Waals surface area contributed by atoms with Gasteiger partial charge in [-0.1, -0.05) is 24.3 Å². The van der Waals surface area contributed by atoms with Crippen LogP contribution in [0.1, 0.15) is 38.0 Å². The Bertz CT molecular complexity index is 441. The number of aliphatic hydroxyl groups is 1. The number of carbonyl (C=O) groups is 1. The van der Waals surface area contributed by atoms with E-state index in [4.69, 9.17) is 4.74 Å². The number of benzene rings is 1. The lowest BCUT2D eigenvalue weighted by Gasteiger charge is -2.19. The molecule has 0 saturated heterocycles. The largest absolute Gasteiger partial charge is 0.444 e. The van der Waals surface area contributed by atoms with Gasteiger partial charge in [-0.2, -0.15) is 0 Å². The number of alkyl carbamates (subject to hydrolysis) is 1. The van der Waals surface area contributed by atoms with E-state index in [1.807, 2.05) is 45.0 Å². The van der Waals surface area contributed by atoms with Gasteiger partial charge in [-0.25, -0.2) is 4.79 Å². The van der Waals surface area contributed by atoms with Crippen molar-refractivity contribution in [2.24, 2.45) is 0 Å². The summed E-state index contributed by atoms with van der Waals surface area (Å²) < 4.78 is 5.17. The molecular weight excluding hydrogens is 256 g/mol.